The van der Waals surface area contributed by atoms with E-state index in [9.17, 15) is 9.90 Å². The topological polar surface area (TPSA) is 83.9 Å². The van der Waals surface area contributed by atoms with Crippen LogP contribution >= 0.6 is 0 Å². The number of ether oxygens (including phenoxy) is 2. The number of aromatic nitrogens is 1. The molecule has 190 valence electrons. The van der Waals surface area contributed by atoms with Gasteiger partial charge in [-0.05, 0) is 48.6 Å². The number of hydrogen-bond donors (Lipinski definition) is 2. The number of carbonyl (C=O) groups is 1. The average molecular weight is 490 g/mol. The first-order valence-electron chi connectivity index (χ1n) is 12.4. The number of para-hydroxylation sites is 2. The monoisotopic (exact) mass is 489 g/mol. The zero-order valence-corrected chi connectivity index (χ0v) is 21.0. The summed E-state index contributed by atoms with van der Waals surface area (Å²) in [6.07, 6.45) is 3.55. The van der Waals surface area contributed by atoms with E-state index in [1.165, 1.54) is 0 Å². The zero-order chi connectivity index (χ0) is 25.4. The van der Waals surface area contributed by atoms with Crippen LogP contribution < -0.4 is 14.8 Å². The number of nitrogens with zero attached hydrogens (tertiary/aromatic N) is 2. The van der Waals surface area contributed by atoms with Crippen LogP contribution in [0.4, 0.5) is 0 Å². The molecule has 0 unspecified atom stereocenters. The van der Waals surface area contributed by atoms with Crippen LogP contribution in [-0.2, 0) is 11.3 Å². The number of amides is 1. The standard InChI is InChI=1S/C29H35N3O4/c1-29(2)15-9-17-32(19-27(34)31-24(20-33)22-10-4-3-5-11-22)18-23-12-8-16-30-28(23)36-26-14-7-6-13-25(26)35-21-29/h3-8,10-14,16,24,33H,9,15,17-21H2,1-2H3,(H,31,34)/t24-/m1/s1. The fourth-order valence-electron chi connectivity index (χ4n) is 4.34. The van der Waals surface area contributed by atoms with Crippen LogP contribution in [0.15, 0.2) is 72.9 Å². The maximum absolute atomic E-state index is 13.1. The number of fused-ring (bicyclic) bond motifs is 2. The third-order valence-electron chi connectivity index (χ3n) is 6.33. The van der Waals surface area contributed by atoms with Crippen LogP contribution in [0.2, 0.25) is 0 Å². The second kappa shape index (κ2) is 12.0. The van der Waals surface area contributed by atoms with Crippen molar-refractivity contribution in [3.05, 3.63) is 84.1 Å². The van der Waals surface area contributed by atoms with Gasteiger partial charge in [0.05, 0.1) is 25.8 Å². The second-order valence-electron chi connectivity index (χ2n) is 10.00. The third kappa shape index (κ3) is 7.06. The number of hydrogen-bond acceptors (Lipinski definition) is 6. The quantitative estimate of drug-likeness (QED) is 0.539. The maximum Gasteiger partial charge on any atom is 0.234 e. The molecule has 1 aliphatic rings. The molecule has 0 bridgehead atoms. The van der Waals surface area contributed by atoms with Crippen molar-refractivity contribution in [3.63, 3.8) is 0 Å². The van der Waals surface area contributed by atoms with E-state index in [2.05, 4.69) is 29.0 Å². The number of aliphatic hydroxyl groups is 1. The Morgan fingerprint density at radius 3 is 2.61 bits per heavy atom. The first-order valence-corrected chi connectivity index (χ1v) is 12.4. The minimum atomic E-state index is -0.445. The molecule has 1 atom stereocenters. The SMILES string of the molecule is CC1(C)CCCN(CC(=O)N[C@H](CO)c2ccccc2)Cc2cccnc2Oc2ccccc2OC1. The van der Waals surface area contributed by atoms with E-state index in [4.69, 9.17) is 9.47 Å². The molecule has 0 saturated carbocycles. The Kier molecular flexibility index (Phi) is 8.57. The number of rotatable bonds is 5. The Labute approximate surface area is 213 Å². The summed E-state index contributed by atoms with van der Waals surface area (Å²) in [5.74, 6) is 1.66. The van der Waals surface area contributed by atoms with E-state index in [0.717, 1.165) is 30.5 Å². The summed E-state index contributed by atoms with van der Waals surface area (Å²) in [5.41, 5.74) is 1.72. The molecule has 0 spiro atoms. The van der Waals surface area contributed by atoms with Gasteiger partial charge < -0.3 is 19.9 Å². The fraction of sp³-hybridized carbons (Fsp3) is 0.379. The highest BCUT2D eigenvalue weighted by Crippen LogP contribution is 2.34. The molecule has 0 saturated heterocycles. The zero-order valence-electron chi connectivity index (χ0n) is 21.0. The smallest absolute Gasteiger partial charge is 0.234 e. The third-order valence-corrected chi connectivity index (χ3v) is 6.33. The van der Waals surface area contributed by atoms with Crippen molar-refractivity contribution in [2.24, 2.45) is 5.41 Å². The summed E-state index contributed by atoms with van der Waals surface area (Å²) in [6.45, 7) is 6.21. The number of aliphatic hydroxyl groups excluding tert-OH is 1. The summed E-state index contributed by atoms with van der Waals surface area (Å²) in [6, 6.07) is 20.6. The minimum Gasteiger partial charge on any atom is -0.489 e. The Balaban J connectivity index is 1.55. The van der Waals surface area contributed by atoms with Gasteiger partial charge in [0.15, 0.2) is 11.5 Å². The molecule has 0 radical (unpaired) electrons. The first-order chi connectivity index (χ1) is 17.4. The molecule has 2 heterocycles. The van der Waals surface area contributed by atoms with Gasteiger partial charge in [-0.15, -0.1) is 0 Å². The molecule has 1 amide bonds. The van der Waals surface area contributed by atoms with Crippen molar-refractivity contribution in [2.45, 2.75) is 39.3 Å². The molecule has 0 aliphatic carbocycles. The van der Waals surface area contributed by atoms with Crippen LogP contribution in [0, 0.1) is 5.41 Å². The maximum atomic E-state index is 13.1. The van der Waals surface area contributed by atoms with E-state index < -0.39 is 6.04 Å². The molecule has 3 aromatic rings. The molecular formula is C29H35N3O4. The summed E-state index contributed by atoms with van der Waals surface area (Å²) < 4.78 is 12.4. The Bertz CT molecular complexity index is 1140. The molecule has 1 aromatic heterocycles. The van der Waals surface area contributed by atoms with Crippen LogP contribution in [0.25, 0.3) is 0 Å². The van der Waals surface area contributed by atoms with Gasteiger partial charge in [0.1, 0.15) is 0 Å². The van der Waals surface area contributed by atoms with Gasteiger partial charge in [-0.25, -0.2) is 4.98 Å². The van der Waals surface area contributed by atoms with Crippen LogP contribution in [0.3, 0.4) is 0 Å². The highest BCUT2D eigenvalue weighted by Gasteiger charge is 2.23. The lowest BCUT2D eigenvalue weighted by Crippen LogP contribution is -2.40. The predicted octanol–water partition coefficient (Wildman–Crippen LogP) is 4.72. The summed E-state index contributed by atoms with van der Waals surface area (Å²) >= 11 is 0. The van der Waals surface area contributed by atoms with Gasteiger partial charge in [-0.2, -0.15) is 0 Å². The van der Waals surface area contributed by atoms with Crippen LogP contribution in [-0.4, -0.2) is 47.2 Å². The van der Waals surface area contributed by atoms with Crippen molar-refractivity contribution < 1.29 is 19.4 Å². The second-order valence-corrected chi connectivity index (χ2v) is 10.00. The lowest BCUT2D eigenvalue weighted by molar-refractivity contribution is -0.123. The molecular weight excluding hydrogens is 454 g/mol. The number of pyridine rings is 1. The predicted molar refractivity (Wildman–Crippen MR) is 139 cm³/mol. The van der Waals surface area contributed by atoms with Crippen molar-refractivity contribution in [1.82, 2.24) is 15.2 Å². The van der Waals surface area contributed by atoms with Gasteiger partial charge in [0, 0.05) is 18.3 Å². The van der Waals surface area contributed by atoms with Gasteiger partial charge in [-0.3, -0.25) is 9.69 Å². The van der Waals surface area contributed by atoms with Crippen molar-refractivity contribution in [3.8, 4) is 17.4 Å². The molecule has 7 heteroatoms. The fourth-order valence-corrected chi connectivity index (χ4v) is 4.34. The molecule has 2 N–H and O–H groups in total. The van der Waals surface area contributed by atoms with E-state index >= 15 is 0 Å². The van der Waals surface area contributed by atoms with Crippen LogP contribution in [0.5, 0.6) is 17.4 Å². The number of nitrogens with one attached hydrogen (secondary N) is 1. The van der Waals surface area contributed by atoms with Gasteiger partial charge >= 0.3 is 0 Å². The molecule has 7 nitrogen and oxygen atoms in total. The van der Waals surface area contributed by atoms with Crippen LogP contribution in [0.1, 0.15) is 43.9 Å². The van der Waals surface area contributed by atoms with E-state index in [0.29, 0.717) is 30.5 Å². The summed E-state index contributed by atoms with van der Waals surface area (Å²) in [5, 5.41) is 12.9. The highest BCUT2D eigenvalue weighted by molar-refractivity contribution is 5.78. The Morgan fingerprint density at radius 2 is 1.83 bits per heavy atom. The number of carbonyl (C=O) groups excluding carboxylic acids is 1. The molecule has 2 aromatic carbocycles. The van der Waals surface area contributed by atoms with E-state index in [1.54, 1.807) is 6.20 Å². The normalized spacial score (nSPS) is 17.0. The molecule has 36 heavy (non-hydrogen) atoms. The largest absolute Gasteiger partial charge is 0.489 e. The lowest BCUT2D eigenvalue weighted by Gasteiger charge is -2.27. The summed E-state index contributed by atoms with van der Waals surface area (Å²) in [7, 11) is 0. The molecule has 1 aliphatic heterocycles. The number of benzene rings is 2. The average Bonchev–Trinajstić information content (AvgIpc) is 2.88. The Morgan fingerprint density at radius 1 is 1.08 bits per heavy atom. The van der Waals surface area contributed by atoms with Gasteiger partial charge in [0.2, 0.25) is 11.8 Å². The Hall–Kier alpha value is -3.42. The lowest BCUT2D eigenvalue weighted by atomic mass is 9.88. The molecule has 0 fully saturated rings. The minimum absolute atomic E-state index is 0.0461. The van der Waals surface area contributed by atoms with Crippen molar-refractivity contribution in [1.29, 1.82) is 0 Å². The first kappa shape index (κ1) is 25.7. The molecule has 4 rings (SSSR count). The summed E-state index contributed by atoms with van der Waals surface area (Å²) in [4.78, 5) is 19.6. The van der Waals surface area contributed by atoms with Gasteiger partial charge in [-0.1, -0.05) is 62.4 Å². The van der Waals surface area contributed by atoms with Crippen molar-refractivity contribution >= 4 is 5.91 Å². The highest BCUT2D eigenvalue weighted by atomic mass is 16.5. The van der Waals surface area contributed by atoms with Gasteiger partial charge in [0.25, 0.3) is 0 Å². The van der Waals surface area contributed by atoms with E-state index in [1.807, 2.05) is 66.7 Å². The van der Waals surface area contributed by atoms with E-state index in [-0.39, 0.29) is 24.5 Å². The van der Waals surface area contributed by atoms with Crippen molar-refractivity contribution in [2.75, 3.05) is 26.3 Å².